The van der Waals surface area contributed by atoms with E-state index in [9.17, 15) is 26.7 Å². The third-order valence-electron chi connectivity index (χ3n) is 6.86. The molecule has 0 spiro atoms. The molecule has 0 amide bonds. The number of halogens is 4. The third kappa shape index (κ3) is 5.75. The number of hydrogen-bond acceptors (Lipinski definition) is 6. The number of rotatable bonds is 8. The molecular weight excluding hydrogens is 609 g/mol. The molecule has 5 aromatic rings. The number of nitrogens with zero attached hydrogens (tertiary/aromatic N) is 1. The van der Waals surface area contributed by atoms with Crippen LogP contribution in [0.25, 0.3) is 21.3 Å². The Morgan fingerprint density at radius 3 is 2.38 bits per heavy atom. The summed E-state index contributed by atoms with van der Waals surface area (Å²) < 4.78 is 76.2. The molecule has 0 aliphatic carbocycles. The van der Waals surface area contributed by atoms with E-state index < -0.39 is 27.8 Å². The summed E-state index contributed by atoms with van der Waals surface area (Å²) in [7, 11) is -2.56. The Morgan fingerprint density at radius 2 is 1.71 bits per heavy atom. The second-order valence-corrected chi connectivity index (χ2v) is 12.8. The van der Waals surface area contributed by atoms with Gasteiger partial charge < -0.3 is 9.84 Å². The highest BCUT2D eigenvalue weighted by molar-refractivity contribution is 7.89. The van der Waals surface area contributed by atoms with Crippen molar-refractivity contribution < 1.29 is 31.4 Å². The lowest BCUT2D eigenvalue weighted by Gasteiger charge is -2.26. The minimum absolute atomic E-state index is 0.0277. The van der Waals surface area contributed by atoms with E-state index in [2.05, 4.69) is 9.71 Å². The van der Waals surface area contributed by atoms with Crippen molar-refractivity contribution in [2.45, 2.75) is 29.6 Å². The first kappa shape index (κ1) is 30.0. The summed E-state index contributed by atoms with van der Waals surface area (Å²) in [4.78, 5) is 4.91. The zero-order valence-corrected chi connectivity index (χ0v) is 24.6. The van der Waals surface area contributed by atoms with Gasteiger partial charge in [0.2, 0.25) is 10.0 Å². The van der Waals surface area contributed by atoms with Crippen LogP contribution in [0.2, 0.25) is 5.02 Å². The Bertz CT molecular complexity index is 1860. The summed E-state index contributed by atoms with van der Waals surface area (Å²) in [6.07, 6.45) is -3.68. The number of benzene rings is 3. The molecule has 12 heteroatoms. The van der Waals surface area contributed by atoms with Crippen molar-refractivity contribution in [1.29, 1.82) is 0 Å². The van der Waals surface area contributed by atoms with Crippen LogP contribution < -0.4 is 9.46 Å². The molecule has 0 bridgehead atoms. The second kappa shape index (κ2) is 11.3. The van der Waals surface area contributed by atoms with Gasteiger partial charge in [0, 0.05) is 26.4 Å². The lowest BCUT2D eigenvalue weighted by molar-refractivity contribution is -0.258. The van der Waals surface area contributed by atoms with Crippen LogP contribution in [0, 0.1) is 0 Å². The van der Waals surface area contributed by atoms with Crippen molar-refractivity contribution in [2.24, 2.45) is 0 Å². The van der Waals surface area contributed by atoms with E-state index in [1.54, 1.807) is 48.5 Å². The van der Waals surface area contributed by atoms with Gasteiger partial charge in [-0.25, -0.2) is 8.42 Å². The number of fused-ring (bicyclic) bond motifs is 1. The number of thiophene rings is 1. The lowest BCUT2D eigenvalue weighted by Crippen LogP contribution is -2.39. The molecular formula is C30H24ClF3N2O4S2. The third-order valence-corrected chi connectivity index (χ3v) is 9.89. The van der Waals surface area contributed by atoms with E-state index in [1.165, 1.54) is 42.8 Å². The van der Waals surface area contributed by atoms with Gasteiger partial charge in [-0.2, -0.15) is 17.9 Å². The summed E-state index contributed by atoms with van der Waals surface area (Å²) >= 11 is 7.79. The van der Waals surface area contributed by atoms with Gasteiger partial charge in [0.1, 0.15) is 5.75 Å². The Morgan fingerprint density at radius 1 is 1.00 bits per heavy atom. The Labute approximate surface area is 249 Å². The highest BCUT2D eigenvalue weighted by Gasteiger charge is 2.51. The number of sulfonamides is 1. The summed E-state index contributed by atoms with van der Waals surface area (Å²) in [5.41, 5.74) is -2.15. The number of nitrogens with one attached hydrogen (secondary N) is 1. The van der Waals surface area contributed by atoms with Crippen molar-refractivity contribution in [3.05, 3.63) is 112 Å². The maximum absolute atomic E-state index is 13.5. The minimum Gasteiger partial charge on any atom is -0.497 e. The second-order valence-electron chi connectivity index (χ2n) is 9.62. The van der Waals surface area contributed by atoms with Gasteiger partial charge in [0.05, 0.1) is 23.7 Å². The average molecular weight is 633 g/mol. The van der Waals surface area contributed by atoms with Crippen molar-refractivity contribution in [1.82, 2.24) is 9.71 Å². The van der Waals surface area contributed by atoms with Gasteiger partial charge in [-0.1, -0.05) is 48.0 Å². The molecule has 0 fully saturated rings. The Kier molecular flexibility index (Phi) is 8.08. The predicted octanol–water partition coefficient (Wildman–Crippen LogP) is 7.46. The number of hydrogen-bond donors (Lipinski definition) is 2. The van der Waals surface area contributed by atoms with E-state index in [-0.39, 0.29) is 16.2 Å². The molecule has 0 saturated carbocycles. The average Bonchev–Trinajstić information content (AvgIpc) is 3.40. The van der Waals surface area contributed by atoms with E-state index in [4.69, 9.17) is 16.3 Å². The van der Waals surface area contributed by atoms with E-state index >= 15 is 0 Å². The maximum atomic E-state index is 13.5. The molecule has 0 aliphatic rings. The first-order chi connectivity index (χ1) is 19.8. The molecule has 2 aromatic heterocycles. The monoisotopic (exact) mass is 632 g/mol. The smallest absolute Gasteiger partial charge is 0.421 e. The summed E-state index contributed by atoms with van der Waals surface area (Å²) in [6.45, 7) is 0.694. The predicted molar refractivity (Wildman–Crippen MR) is 157 cm³/mol. The van der Waals surface area contributed by atoms with Gasteiger partial charge in [0.25, 0.3) is 0 Å². The molecule has 0 radical (unpaired) electrons. The van der Waals surface area contributed by atoms with Crippen molar-refractivity contribution in [3.8, 4) is 17.0 Å². The number of aromatic nitrogens is 1. The van der Waals surface area contributed by atoms with Crippen LogP contribution in [-0.4, -0.2) is 31.8 Å². The topological polar surface area (TPSA) is 88.5 Å². The standard InChI is InChI=1S/C30H24ClF3N2O4S2/c1-29(37,30(32,33)34)19-14-15-35-25(17-19)23-8-5-6-18-16-26(41-28(18)23)27(22-7-3-4-9-24(22)31)36-42(38,39)21-12-10-20(40-2)11-13-21/h3-17,27,36-37H,1-2H3/t27-,29-/m1/s1. The first-order valence-electron chi connectivity index (χ1n) is 12.5. The van der Waals surface area contributed by atoms with E-state index in [0.717, 1.165) is 11.5 Å². The summed E-state index contributed by atoms with van der Waals surface area (Å²) in [6, 6.07) is 21.3. The van der Waals surface area contributed by atoms with Gasteiger partial charge in [-0.05, 0) is 72.0 Å². The van der Waals surface area contributed by atoms with Crippen LogP contribution in [0.4, 0.5) is 13.2 Å². The van der Waals surface area contributed by atoms with Crippen LogP contribution in [0.3, 0.4) is 0 Å². The quantitative estimate of drug-likeness (QED) is 0.185. The molecule has 0 unspecified atom stereocenters. The molecule has 6 nitrogen and oxygen atoms in total. The molecule has 0 aliphatic heterocycles. The lowest BCUT2D eigenvalue weighted by atomic mass is 9.94. The largest absolute Gasteiger partial charge is 0.497 e. The van der Waals surface area contributed by atoms with Gasteiger partial charge in [-0.15, -0.1) is 11.3 Å². The van der Waals surface area contributed by atoms with Crippen molar-refractivity contribution >= 4 is 43.0 Å². The highest BCUT2D eigenvalue weighted by Crippen LogP contribution is 2.42. The van der Waals surface area contributed by atoms with Crippen molar-refractivity contribution in [2.75, 3.05) is 7.11 Å². The van der Waals surface area contributed by atoms with Crippen LogP contribution in [0.5, 0.6) is 5.75 Å². The molecule has 5 rings (SSSR count). The fraction of sp³-hybridized carbons (Fsp3) is 0.167. The van der Waals surface area contributed by atoms with Crippen LogP contribution in [0.15, 0.2) is 96.0 Å². The Balaban J connectivity index is 1.62. The SMILES string of the molecule is COc1ccc(S(=O)(=O)N[C@@H](c2cc3cccc(-c4cc([C@@](C)(O)C(F)(F)F)ccn4)c3s2)c2ccccc2Cl)cc1. The first-order valence-corrected chi connectivity index (χ1v) is 15.2. The zero-order chi connectivity index (χ0) is 30.3. The number of aliphatic hydroxyl groups is 1. The van der Waals surface area contributed by atoms with Gasteiger partial charge in [0.15, 0.2) is 5.60 Å². The minimum atomic E-state index is -4.89. The summed E-state index contributed by atoms with van der Waals surface area (Å²) in [5, 5.41) is 11.3. The molecule has 2 atom stereocenters. The molecule has 2 heterocycles. The fourth-order valence-electron chi connectivity index (χ4n) is 4.43. The van der Waals surface area contributed by atoms with Crippen LogP contribution in [0.1, 0.15) is 29.0 Å². The van der Waals surface area contributed by atoms with Gasteiger partial charge >= 0.3 is 6.18 Å². The molecule has 2 N–H and O–H groups in total. The Hall–Kier alpha value is -3.48. The molecule has 218 valence electrons. The number of alkyl halides is 3. The number of methoxy groups -OCH3 is 1. The van der Waals surface area contributed by atoms with Gasteiger partial charge in [-0.3, -0.25) is 4.98 Å². The van der Waals surface area contributed by atoms with E-state index in [0.29, 0.717) is 38.4 Å². The molecule has 3 aromatic carbocycles. The van der Waals surface area contributed by atoms with Crippen LogP contribution in [-0.2, 0) is 15.6 Å². The molecule has 0 saturated heterocycles. The highest BCUT2D eigenvalue weighted by atomic mass is 35.5. The zero-order valence-electron chi connectivity index (χ0n) is 22.2. The number of ether oxygens (including phenoxy) is 1. The van der Waals surface area contributed by atoms with E-state index in [1.807, 2.05) is 12.1 Å². The fourth-order valence-corrected chi connectivity index (χ4v) is 7.20. The number of pyridine rings is 1. The normalized spacial score (nSPS) is 14.5. The van der Waals surface area contributed by atoms with Crippen molar-refractivity contribution in [3.63, 3.8) is 0 Å². The molecule has 42 heavy (non-hydrogen) atoms. The van der Waals surface area contributed by atoms with Crippen LogP contribution >= 0.6 is 22.9 Å². The summed E-state index contributed by atoms with van der Waals surface area (Å²) in [5.74, 6) is 0.503. The maximum Gasteiger partial charge on any atom is 0.421 e.